The second kappa shape index (κ2) is 8.30. The van der Waals surface area contributed by atoms with Crippen molar-refractivity contribution in [3.63, 3.8) is 0 Å². The van der Waals surface area contributed by atoms with E-state index in [-0.39, 0.29) is 10.7 Å². The van der Waals surface area contributed by atoms with Gasteiger partial charge in [0.2, 0.25) is 0 Å². The Hall–Kier alpha value is -2.93. The lowest BCUT2D eigenvalue weighted by atomic mass is 10.1. The third-order valence-electron chi connectivity index (χ3n) is 5.04. The number of aryl methyl sites for hydroxylation is 1. The monoisotopic (exact) mass is 469 g/mol. The Labute approximate surface area is 194 Å². The molecule has 2 aromatic carbocycles. The van der Waals surface area contributed by atoms with Crippen LogP contribution in [0.25, 0.3) is 11.8 Å². The first-order chi connectivity index (χ1) is 14.8. The van der Waals surface area contributed by atoms with Gasteiger partial charge in [-0.3, -0.25) is 19.8 Å². The van der Waals surface area contributed by atoms with Gasteiger partial charge in [0.1, 0.15) is 5.57 Å². The molecule has 8 heteroatoms. The maximum atomic E-state index is 13.2. The molecule has 5 nitrogen and oxygen atoms in total. The minimum absolute atomic E-state index is 0.0000869. The van der Waals surface area contributed by atoms with Crippen LogP contribution >= 0.6 is 35.4 Å². The molecule has 0 radical (unpaired) electrons. The molecule has 1 aromatic heterocycles. The van der Waals surface area contributed by atoms with Crippen LogP contribution in [0, 0.1) is 13.8 Å². The van der Waals surface area contributed by atoms with E-state index in [0.29, 0.717) is 15.7 Å². The quantitative estimate of drug-likeness (QED) is 0.324. The molecule has 0 spiro atoms. The maximum absolute atomic E-state index is 13.2. The zero-order chi connectivity index (χ0) is 22.3. The molecule has 2 heterocycles. The lowest BCUT2D eigenvalue weighted by Gasteiger charge is -2.28. The molecule has 4 rings (SSSR count). The molecule has 2 amide bonds. The van der Waals surface area contributed by atoms with Crippen LogP contribution in [0.5, 0.6) is 0 Å². The molecule has 0 unspecified atom stereocenters. The number of hydrogen-bond acceptors (Lipinski definition) is 3. The number of nitrogens with zero attached hydrogens (tertiary/aromatic N) is 2. The maximum Gasteiger partial charge on any atom is 0.270 e. The minimum atomic E-state index is -0.531. The molecule has 0 saturated carbocycles. The second-order valence-corrected chi connectivity index (χ2v) is 8.33. The summed E-state index contributed by atoms with van der Waals surface area (Å²) in [6, 6.07) is 16.1. The Morgan fingerprint density at radius 3 is 2.03 bits per heavy atom. The van der Waals surface area contributed by atoms with Gasteiger partial charge in [-0.15, -0.1) is 0 Å². The summed E-state index contributed by atoms with van der Waals surface area (Å²) in [5.41, 5.74) is 4.07. The molecule has 0 bridgehead atoms. The number of hydrogen-bond donors (Lipinski definition) is 1. The minimum Gasteiger partial charge on any atom is -0.318 e. The van der Waals surface area contributed by atoms with Crippen molar-refractivity contribution in [1.29, 1.82) is 0 Å². The van der Waals surface area contributed by atoms with E-state index >= 15 is 0 Å². The van der Waals surface area contributed by atoms with Crippen molar-refractivity contribution < 1.29 is 9.59 Å². The van der Waals surface area contributed by atoms with Gasteiger partial charge in [-0.05, 0) is 92.3 Å². The van der Waals surface area contributed by atoms with E-state index in [1.54, 1.807) is 30.3 Å². The van der Waals surface area contributed by atoms with Crippen LogP contribution in [-0.4, -0.2) is 21.5 Å². The SMILES string of the molecule is Cc1cc(/C=C2/C(=O)NC(=S)N(c3ccc(Cl)cc3)C2=O)c(C)n1-c1ccc(Cl)cc1. The zero-order valence-corrected chi connectivity index (χ0v) is 19.0. The molecule has 0 aliphatic carbocycles. The summed E-state index contributed by atoms with van der Waals surface area (Å²) in [6.45, 7) is 3.89. The summed E-state index contributed by atoms with van der Waals surface area (Å²) in [5.74, 6) is -1.02. The normalized spacial score (nSPS) is 15.5. The number of carbonyl (C=O) groups excluding carboxylic acids is 2. The summed E-state index contributed by atoms with van der Waals surface area (Å²) >= 11 is 17.2. The fourth-order valence-corrected chi connectivity index (χ4v) is 4.09. The largest absolute Gasteiger partial charge is 0.318 e. The summed E-state index contributed by atoms with van der Waals surface area (Å²) in [7, 11) is 0. The average molecular weight is 470 g/mol. The van der Waals surface area contributed by atoms with Crippen molar-refractivity contribution >= 4 is 64.1 Å². The summed E-state index contributed by atoms with van der Waals surface area (Å²) in [5, 5.41) is 3.81. The molecule has 0 atom stereocenters. The Morgan fingerprint density at radius 2 is 1.45 bits per heavy atom. The van der Waals surface area contributed by atoms with Crippen LogP contribution < -0.4 is 10.2 Å². The summed E-state index contributed by atoms with van der Waals surface area (Å²) < 4.78 is 2.04. The molecule has 3 aromatic rings. The fraction of sp³-hybridized carbons (Fsp3) is 0.0870. The number of rotatable bonds is 3. The standard InChI is InChI=1S/C23H17Cl2N3O2S/c1-13-11-15(14(2)27(13)18-7-3-16(24)4-8-18)12-20-21(29)26-23(31)28(22(20)30)19-9-5-17(25)6-10-19/h3-12H,1-2H3,(H,26,29,31)/b20-12-. The predicted octanol–water partition coefficient (Wildman–Crippen LogP) is 5.23. The highest BCUT2D eigenvalue weighted by molar-refractivity contribution is 7.80. The molecule has 1 saturated heterocycles. The second-order valence-electron chi connectivity index (χ2n) is 7.07. The third-order valence-corrected chi connectivity index (χ3v) is 5.83. The highest BCUT2D eigenvalue weighted by Gasteiger charge is 2.34. The van der Waals surface area contributed by atoms with Gasteiger partial charge in [0.25, 0.3) is 11.8 Å². The lowest BCUT2D eigenvalue weighted by Crippen LogP contribution is -2.54. The summed E-state index contributed by atoms with van der Waals surface area (Å²) in [4.78, 5) is 27.1. The fourth-order valence-electron chi connectivity index (χ4n) is 3.56. The summed E-state index contributed by atoms with van der Waals surface area (Å²) in [6.07, 6.45) is 1.59. The van der Waals surface area contributed by atoms with Gasteiger partial charge in [0.05, 0.1) is 5.69 Å². The van der Waals surface area contributed by atoms with E-state index in [2.05, 4.69) is 5.32 Å². The Bertz CT molecular complexity index is 1250. The zero-order valence-electron chi connectivity index (χ0n) is 16.6. The smallest absolute Gasteiger partial charge is 0.270 e. The Balaban J connectivity index is 1.75. The van der Waals surface area contributed by atoms with Crippen molar-refractivity contribution in [3.05, 3.63) is 87.2 Å². The molecule has 31 heavy (non-hydrogen) atoms. The van der Waals surface area contributed by atoms with Crippen molar-refractivity contribution in [3.8, 4) is 5.69 Å². The van der Waals surface area contributed by atoms with Gasteiger partial charge >= 0.3 is 0 Å². The van der Waals surface area contributed by atoms with Gasteiger partial charge in [-0.25, -0.2) is 0 Å². The number of carbonyl (C=O) groups is 2. The number of amides is 2. The van der Waals surface area contributed by atoms with Crippen molar-refractivity contribution in [2.45, 2.75) is 13.8 Å². The van der Waals surface area contributed by atoms with E-state index in [4.69, 9.17) is 35.4 Å². The lowest BCUT2D eigenvalue weighted by molar-refractivity contribution is -0.122. The van der Waals surface area contributed by atoms with Crippen molar-refractivity contribution in [1.82, 2.24) is 9.88 Å². The van der Waals surface area contributed by atoms with Crippen LogP contribution in [0.3, 0.4) is 0 Å². The number of halogens is 2. The number of aromatic nitrogens is 1. The third kappa shape index (κ3) is 4.02. The van der Waals surface area contributed by atoms with E-state index in [1.165, 1.54) is 4.90 Å². The average Bonchev–Trinajstić information content (AvgIpc) is 3.00. The van der Waals surface area contributed by atoms with E-state index in [1.807, 2.05) is 48.7 Å². The Morgan fingerprint density at radius 1 is 0.903 bits per heavy atom. The highest BCUT2D eigenvalue weighted by Crippen LogP contribution is 2.27. The van der Waals surface area contributed by atoms with E-state index in [9.17, 15) is 9.59 Å². The molecule has 1 N–H and O–H groups in total. The first kappa shape index (κ1) is 21.3. The molecule has 1 fully saturated rings. The van der Waals surface area contributed by atoms with Gasteiger partial charge < -0.3 is 4.57 Å². The highest BCUT2D eigenvalue weighted by atomic mass is 35.5. The number of benzene rings is 2. The van der Waals surface area contributed by atoms with Gasteiger partial charge in [0, 0.05) is 27.1 Å². The van der Waals surface area contributed by atoms with Crippen LogP contribution in [0.1, 0.15) is 17.0 Å². The molecular weight excluding hydrogens is 453 g/mol. The van der Waals surface area contributed by atoms with Crippen molar-refractivity contribution in [2.24, 2.45) is 0 Å². The molecule has 1 aliphatic rings. The number of thiocarbonyl (C=S) groups is 1. The van der Waals surface area contributed by atoms with Gasteiger partial charge in [-0.2, -0.15) is 0 Å². The first-order valence-electron chi connectivity index (χ1n) is 9.38. The van der Waals surface area contributed by atoms with Crippen LogP contribution in [0.15, 0.2) is 60.2 Å². The molecular formula is C23H17Cl2N3O2S. The molecule has 156 valence electrons. The van der Waals surface area contributed by atoms with Crippen LogP contribution in [-0.2, 0) is 9.59 Å². The van der Waals surface area contributed by atoms with E-state index in [0.717, 1.165) is 22.6 Å². The van der Waals surface area contributed by atoms with Crippen LogP contribution in [0.4, 0.5) is 5.69 Å². The van der Waals surface area contributed by atoms with Crippen molar-refractivity contribution in [2.75, 3.05) is 4.90 Å². The first-order valence-corrected chi connectivity index (χ1v) is 10.5. The predicted molar refractivity (Wildman–Crippen MR) is 128 cm³/mol. The van der Waals surface area contributed by atoms with Gasteiger partial charge in [0.15, 0.2) is 5.11 Å². The van der Waals surface area contributed by atoms with E-state index < -0.39 is 11.8 Å². The van der Waals surface area contributed by atoms with Crippen LogP contribution in [0.2, 0.25) is 10.0 Å². The Kier molecular flexibility index (Phi) is 5.71. The van der Waals surface area contributed by atoms with Gasteiger partial charge in [-0.1, -0.05) is 23.2 Å². The number of anilines is 1. The number of nitrogens with one attached hydrogen (secondary N) is 1. The topological polar surface area (TPSA) is 54.3 Å². The molecule has 1 aliphatic heterocycles.